The summed E-state index contributed by atoms with van der Waals surface area (Å²) in [6.45, 7) is 1.65. The molecular formula is C20H23NO6. The fraction of sp³-hybridized carbons (Fsp3) is 0.300. The SMILES string of the molecule is COC(=O)c1cccc(OCC(=O)N[C@@H](C)c2cc(OC)ccc2OC)c1. The number of carbonyl (C=O) groups is 2. The summed E-state index contributed by atoms with van der Waals surface area (Å²) >= 11 is 0. The number of benzene rings is 2. The van der Waals surface area contributed by atoms with Crippen LogP contribution in [0.4, 0.5) is 0 Å². The molecule has 1 N–H and O–H groups in total. The number of nitrogens with one attached hydrogen (secondary N) is 1. The van der Waals surface area contributed by atoms with E-state index >= 15 is 0 Å². The molecule has 0 aliphatic carbocycles. The standard InChI is InChI=1S/C20H23NO6/c1-13(17-11-15(24-2)8-9-18(17)25-3)21-19(22)12-27-16-7-5-6-14(10-16)20(23)26-4/h5-11,13H,12H2,1-4H3,(H,21,22)/t13-/m0/s1. The molecule has 0 spiro atoms. The molecule has 0 aromatic heterocycles. The molecule has 0 heterocycles. The van der Waals surface area contributed by atoms with E-state index in [-0.39, 0.29) is 18.6 Å². The van der Waals surface area contributed by atoms with Crippen molar-refractivity contribution in [1.82, 2.24) is 5.32 Å². The summed E-state index contributed by atoms with van der Waals surface area (Å²) in [5, 5.41) is 2.85. The van der Waals surface area contributed by atoms with Crippen LogP contribution < -0.4 is 19.5 Å². The highest BCUT2D eigenvalue weighted by atomic mass is 16.5. The first kappa shape index (κ1) is 20.1. The molecule has 1 amide bonds. The van der Waals surface area contributed by atoms with Crippen LogP contribution in [-0.2, 0) is 9.53 Å². The molecule has 1 atom stereocenters. The van der Waals surface area contributed by atoms with E-state index in [1.54, 1.807) is 44.6 Å². The Balaban J connectivity index is 1.99. The monoisotopic (exact) mass is 373 g/mol. The molecule has 0 radical (unpaired) electrons. The molecule has 7 nitrogen and oxygen atoms in total. The summed E-state index contributed by atoms with van der Waals surface area (Å²) in [7, 11) is 4.44. The average molecular weight is 373 g/mol. The number of amides is 1. The van der Waals surface area contributed by atoms with Gasteiger partial charge in [0, 0.05) is 5.56 Å². The van der Waals surface area contributed by atoms with E-state index in [1.165, 1.54) is 13.2 Å². The van der Waals surface area contributed by atoms with Gasteiger partial charge < -0.3 is 24.3 Å². The van der Waals surface area contributed by atoms with Gasteiger partial charge in [-0.3, -0.25) is 4.79 Å². The van der Waals surface area contributed by atoms with Crippen LogP contribution in [0.5, 0.6) is 17.2 Å². The molecule has 0 saturated heterocycles. The van der Waals surface area contributed by atoms with Gasteiger partial charge in [-0.25, -0.2) is 4.79 Å². The summed E-state index contributed by atoms with van der Waals surface area (Å²) in [5.41, 5.74) is 1.14. The van der Waals surface area contributed by atoms with Gasteiger partial charge in [-0.2, -0.15) is 0 Å². The fourth-order valence-electron chi connectivity index (χ4n) is 2.52. The number of rotatable bonds is 8. The lowest BCUT2D eigenvalue weighted by atomic mass is 10.1. The summed E-state index contributed by atoms with van der Waals surface area (Å²) in [6.07, 6.45) is 0. The van der Waals surface area contributed by atoms with Crippen molar-refractivity contribution in [2.75, 3.05) is 27.9 Å². The number of methoxy groups -OCH3 is 3. The predicted octanol–water partition coefficient (Wildman–Crippen LogP) is 2.75. The van der Waals surface area contributed by atoms with Gasteiger partial charge in [0.15, 0.2) is 6.61 Å². The quantitative estimate of drug-likeness (QED) is 0.717. The maximum Gasteiger partial charge on any atom is 0.337 e. The van der Waals surface area contributed by atoms with Gasteiger partial charge in [0.1, 0.15) is 17.2 Å². The largest absolute Gasteiger partial charge is 0.497 e. The predicted molar refractivity (Wildman–Crippen MR) is 99.4 cm³/mol. The Morgan fingerprint density at radius 3 is 2.44 bits per heavy atom. The third-order valence-corrected chi connectivity index (χ3v) is 3.91. The Kier molecular flexibility index (Phi) is 7.05. The average Bonchev–Trinajstić information content (AvgIpc) is 2.71. The van der Waals surface area contributed by atoms with Gasteiger partial charge in [0.05, 0.1) is 32.9 Å². The Hall–Kier alpha value is -3.22. The van der Waals surface area contributed by atoms with E-state index in [1.807, 2.05) is 13.0 Å². The first-order valence-corrected chi connectivity index (χ1v) is 8.31. The van der Waals surface area contributed by atoms with Gasteiger partial charge in [-0.15, -0.1) is 0 Å². The van der Waals surface area contributed by atoms with Crippen LogP contribution in [0.2, 0.25) is 0 Å². The van der Waals surface area contributed by atoms with Crippen molar-refractivity contribution in [3.05, 3.63) is 53.6 Å². The molecule has 7 heteroatoms. The van der Waals surface area contributed by atoms with Crippen LogP contribution in [0.15, 0.2) is 42.5 Å². The van der Waals surface area contributed by atoms with E-state index in [0.717, 1.165) is 5.56 Å². The maximum absolute atomic E-state index is 12.2. The zero-order valence-corrected chi connectivity index (χ0v) is 15.8. The molecule has 144 valence electrons. The van der Waals surface area contributed by atoms with Crippen LogP contribution in [0, 0.1) is 0 Å². The number of ether oxygens (including phenoxy) is 4. The summed E-state index contributed by atoms with van der Waals surface area (Å²) in [5.74, 6) is 0.942. The number of hydrogen-bond acceptors (Lipinski definition) is 6. The van der Waals surface area contributed by atoms with Gasteiger partial charge in [0.2, 0.25) is 0 Å². The van der Waals surface area contributed by atoms with Crippen molar-refractivity contribution in [3.8, 4) is 17.2 Å². The highest BCUT2D eigenvalue weighted by Crippen LogP contribution is 2.29. The first-order valence-electron chi connectivity index (χ1n) is 8.31. The topological polar surface area (TPSA) is 83.1 Å². The smallest absolute Gasteiger partial charge is 0.337 e. The Morgan fingerprint density at radius 1 is 1.00 bits per heavy atom. The van der Waals surface area contributed by atoms with E-state index in [0.29, 0.717) is 22.8 Å². The Bertz CT molecular complexity index is 805. The molecule has 0 bridgehead atoms. The highest BCUT2D eigenvalue weighted by molar-refractivity contribution is 5.89. The Labute approximate surface area is 158 Å². The van der Waals surface area contributed by atoms with Crippen molar-refractivity contribution in [3.63, 3.8) is 0 Å². The summed E-state index contributed by atoms with van der Waals surface area (Å²) in [4.78, 5) is 23.8. The minimum absolute atomic E-state index is 0.193. The van der Waals surface area contributed by atoms with Crippen molar-refractivity contribution in [2.45, 2.75) is 13.0 Å². The van der Waals surface area contributed by atoms with Gasteiger partial charge >= 0.3 is 5.97 Å². The molecule has 2 aromatic carbocycles. The first-order chi connectivity index (χ1) is 13.0. The second-order valence-electron chi connectivity index (χ2n) is 5.71. The minimum Gasteiger partial charge on any atom is -0.497 e. The molecule has 0 saturated carbocycles. The van der Waals surface area contributed by atoms with Crippen molar-refractivity contribution in [2.24, 2.45) is 0 Å². The third kappa shape index (κ3) is 5.37. The van der Waals surface area contributed by atoms with Gasteiger partial charge in [0.25, 0.3) is 5.91 Å². The molecular weight excluding hydrogens is 350 g/mol. The molecule has 0 aliphatic rings. The van der Waals surface area contributed by atoms with Crippen LogP contribution in [-0.4, -0.2) is 39.8 Å². The van der Waals surface area contributed by atoms with E-state index in [4.69, 9.17) is 14.2 Å². The molecule has 27 heavy (non-hydrogen) atoms. The van der Waals surface area contributed by atoms with E-state index in [9.17, 15) is 9.59 Å². The highest BCUT2D eigenvalue weighted by Gasteiger charge is 2.16. The zero-order valence-electron chi connectivity index (χ0n) is 15.8. The third-order valence-electron chi connectivity index (χ3n) is 3.91. The number of carbonyl (C=O) groups excluding carboxylic acids is 2. The van der Waals surface area contributed by atoms with Crippen molar-refractivity contribution in [1.29, 1.82) is 0 Å². The molecule has 0 fully saturated rings. The van der Waals surface area contributed by atoms with Crippen molar-refractivity contribution >= 4 is 11.9 Å². The van der Waals surface area contributed by atoms with Gasteiger partial charge in [-0.1, -0.05) is 6.07 Å². The Morgan fingerprint density at radius 2 is 1.78 bits per heavy atom. The van der Waals surface area contributed by atoms with Crippen LogP contribution in [0.1, 0.15) is 28.9 Å². The lowest BCUT2D eigenvalue weighted by Gasteiger charge is -2.18. The van der Waals surface area contributed by atoms with Crippen LogP contribution in [0.25, 0.3) is 0 Å². The minimum atomic E-state index is -0.469. The van der Waals surface area contributed by atoms with E-state index < -0.39 is 5.97 Å². The molecule has 2 rings (SSSR count). The van der Waals surface area contributed by atoms with E-state index in [2.05, 4.69) is 10.1 Å². The zero-order chi connectivity index (χ0) is 19.8. The maximum atomic E-state index is 12.2. The summed E-state index contributed by atoms with van der Waals surface area (Å²) in [6, 6.07) is 11.5. The number of esters is 1. The van der Waals surface area contributed by atoms with Gasteiger partial charge in [-0.05, 0) is 43.3 Å². The fourth-order valence-corrected chi connectivity index (χ4v) is 2.52. The summed E-state index contributed by atoms with van der Waals surface area (Å²) < 4.78 is 20.7. The van der Waals surface area contributed by atoms with Crippen LogP contribution in [0.3, 0.4) is 0 Å². The molecule has 0 aliphatic heterocycles. The second kappa shape index (κ2) is 9.47. The molecule has 2 aromatic rings. The lowest BCUT2D eigenvalue weighted by molar-refractivity contribution is -0.123. The number of hydrogen-bond donors (Lipinski definition) is 1. The van der Waals surface area contributed by atoms with Crippen LogP contribution >= 0.6 is 0 Å². The molecule has 0 unspecified atom stereocenters. The second-order valence-corrected chi connectivity index (χ2v) is 5.71. The van der Waals surface area contributed by atoms with Crippen molar-refractivity contribution < 1.29 is 28.5 Å². The normalized spacial score (nSPS) is 11.3. The lowest BCUT2D eigenvalue weighted by Crippen LogP contribution is -2.31.